The Kier molecular flexibility index (Phi) is 6.30. The van der Waals surface area contributed by atoms with Crippen LogP contribution in [0.25, 0.3) is 0 Å². The van der Waals surface area contributed by atoms with Gasteiger partial charge < -0.3 is 5.32 Å². The predicted molar refractivity (Wildman–Crippen MR) is 103 cm³/mol. The Hall–Kier alpha value is -2.26. The molecule has 0 saturated carbocycles. The Morgan fingerprint density at radius 1 is 1.14 bits per heavy atom. The van der Waals surface area contributed by atoms with Crippen molar-refractivity contribution < 1.29 is 26.4 Å². The van der Waals surface area contributed by atoms with E-state index in [1.54, 1.807) is 13.0 Å². The van der Waals surface area contributed by atoms with E-state index >= 15 is 0 Å². The highest BCUT2D eigenvalue weighted by molar-refractivity contribution is 7.92. The van der Waals surface area contributed by atoms with Crippen molar-refractivity contribution in [2.24, 2.45) is 0 Å². The third-order valence-electron chi connectivity index (χ3n) is 3.98. The number of anilines is 2. The molecule has 2 aromatic carbocycles. The molecule has 152 valence electrons. The van der Waals surface area contributed by atoms with E-state index in [2.05, 4.69) is 5.32 Å². The van der Waals surface area contributed by atoms with Crippen LogP contribution in [0.3, 0.4) is 0 Å². The lowest BCUT2D eigenvalue weighted by atomic mass is 10.2. The fraction of sp³-hybridized carbons (Fsp3) is 0.278. The van der Waals surface area contributed by atoms with E-state index in [1.165, 1.54) is 19.1 Å². The van der Waals surface area contributed by atoms with Gasteiger partial charge in [0, 0.05) is 10.7 Å². The number of aryl methyl sites for hydroxylation is 1. The summed E-state index contributed by atoms with van der Waals surface area (Å²) in [5.41, 5.74) is 0.194. The SMILES string of the molecule is Cc1ccc(N(C(C)C(=O)Nc2ccc(C(F)(F)F)cc2)S(C)(=O)=O)cc1Cl. The van der Waals surface area contributed by atoms with E-state index in [-0.39, 0.29) is 11.4 Å². The first-order valence-electron chi connectivity index (χ1n) is 8.04. The summed E-state index contributed by atoms with van der Waals surface area (Å²) in [4.78, 5) is 12.5. The minimum Gasteiger partial charge on any atom is -0.324 e. The van der Waals surface area contributed by atoms with Gasteiger partial charge in [-0.15, -0.1) is 0 Å². The largest absolute Gasteiger partial charge is 0.416 e. The first kappa shape index (κ1) is 22.0. The summed E-state index contributed by atoms with van der Waals surface area (Å²) in [6.45, 7) is 3.12. The van der Waals surface area contributed by atoms with Crippen LogP contribution in [0.5, 0.6) is 0 Å². The lowest BCUT2D eigenvalue weighted by molar-refractivity contribution is -0.137. The van der Waals surface area contributed by atoms with Crippen molar-refractivity contribution in [3.8, 4) is 0 Å². The van der Waals surface area contributed by atoms with Crippen molar-refractivity contribution in [2.75, 3.05) is 15.9 Å². The van der Waals surface area contributed by atoms with E-state index in [0.717, 1.165) is 40.4 Å². The average Bonchev–Trinajstić information content (AvgIpc) is 2.56. The smallest absolute Gasteiger partial charge is 0.324 e. The van der Waals surface area contributed by atoms with Crippen LogP contribution < -0.4 is 9.62 Å². The van der Waals surface area contributed by atoms with Gasteiger partial charge in [-0.1, -0.05) is 17.7 Å². The standard InChI is InChI=1S/C18H18ClF3N2O3S/c1-11-4-9-15(10-16(11)19)24(28(3,26)27)12(2)17(25)23-14-7-5-13(6-8-14)18(20,21)22/h4-10,12H,1-3H3,(H,23,25). The Morgan fingerprint density at radius 3 is 2.18 bits per heavy atom. The number of alkyl halides is 3. The van der Waals surface area contributed by atoms with Gasteiger partial charge in [0.15, 0.2) is 0 Å². The van der Waals surface area contributed by atoms with Crippen molar-refractivity contribution in [2.45, 2.75) is 26.1 Å². The molecule has 1 N–H and O–H groups in total. The van der Waals surface area contributed by atoms with E-state index in [4.69, 9.17) is 11.6 Å². The van der Waals surface area contributed by atoms with Gasteiger partial charge in [-0.2, -0.15) is 13.2 Å². The number of carbonyl (C=O) groups excluding carboxylic acids is 1. The fourth-order valence-corrected chi connectivity index (χ4v) is 3.86. The number of carbonyl (C=O) groups is 1. The maximum absolute atomic E-state index is 12.6. The first-order valence-corrected chi connectivity index (χ1v) is 10.3. The van der Waals surface area contributed by atoms with Gasteiger partial charge in [-0.05, 0) is 55.8 Å². The Morgan fingerprint density at radius 2 is 1.71 bits per heavy atom. The number of benzene rings is 2. The molecule has 1 unspecified atom stereocenters. The van der Waals surface area contributed by atoms with Crippen LogP contribution in [-0.2, 0) is 21.0 Å². The monoisotopic (exact) mass is 434 g/mol. The van der Waals surface area contributed by atoms with Crippen molar-refractivity contribution in [1.29, 1.82) is 0 Å². The second-order valence-corrected chi connectivity index (χ2v) is 8.50. The molecule has 0 aliphatic rings. The average molecular weight is 435 g/mol. The molecule has 0 heterocycles. The van der Waals surface area contributed by atoms with E-state index in [9.17, 15) is 26.4 Å². The summed E-state index contributed by atoms with van der Waals surface area (Å²) in [5, 5.41) is 2.76. The number of nitrogens with zero attached hydrogens (tertiary/aromatic N) is 1. The molecule has 0 aliphatic carbocycles. The summed E-state index contributed by atoms with van der Waals surface area (Å²) in [7, 11) is -3.85. The summed E-state index contributed by atoms with van der Waals surface area (Å²) in [5.74, 6) is -0.707. The Bertz CT molecular complexity index is 977. The highest BCUT2D eigenvalue weighted by atomic mass is 35.5. The molecular formula is C18H18ClF3N2O3S. The number of hydrogen-bond donors (Lipinski definition) is 1. The topological polar surface area (TPSA) is 66.5 Å². The molecule has 0 saturated heterocycles. The van der Waals surface area contributed by atoms with Crippen LogP contribution in [0.1, 0.15) is 18.1 Å². The lowest BCUT2D eigenvalue weighted by Crippen LogP contribution is -2.45. The maximum Gasteiger partial charge on any atom is 0.416 e. The molecule has 0 fully saturated rings. The van der Waals surface area contributed by atoms with Crippen molar-refractivity contribution in [3.63, 3.8) is 0 Å². The minimum atomic E-state index is -4.49. The van der Waals surface area contributed by atoms with Gasteiger partial charge in [0.1, 0.15) is 6.04 Å². The first-order chi connectivity index (χ1) is 12.8. The van der Waals surface area contributed by atoms with Gasteiger partial charge in [0.05, 0.1) is 17.5 Å². The van der Waals surface area contributed by atoms with Gasteiger partial charge in [0.2, 0.25) is 15.9 Å². The van der Waals surface area contributed by atoms with Crippen molar-refractivity contribution in [3.05, 3.63) is 58.6 Å². The van der Waals surface area contributed by atoms with Crippen LogP contribution in [-0.4, -0.2) is 26.6 Å². The quantitative estimate of drug-likeness (QED) is 0.755. The summed E-state index contributed by atoms with van der Waals surface area (Å²) in [6, 6.07) is 7.25. The second kappa shape index (κ2) is 8.00. The zero-order valence-corrected chi connectivity index (χ0v) is 16.8. The van der Waals surface area contributed by atoms with E-state index in [0.29, 0.717) is 5.02 Å². The minimum absolute atomic E-state index is 0.111. The molecule has 28 heavy (non-hydrogen) atoms. The number of hydrogen-bond acceptors (Lipinski definition) is 3. The van der Waals surface area contributed by atoms with Gasteiger partial charge in [-0.3, -0.25) is 9.10 Å². The normalized spacial score (nSPS) is 13.1. The summed E-state index contributed by atoms with van der Waals surface area (Å²) in [6.07, 6.45) is -3.55. The van der Waals surface area contributed by atoms with Crippen LogP contribution in [0.15, 0.2) is 42.5 Å². The fourth-order valence-electron chi connectivity index (χ4n) is 2.52. The molecule has 1 amide bonds. The van der Waals surface area contributed by atoms with Crippen molar-refractivity contribution in [1.82, 2.24) is 0 Å². The number of sulfonamides is 1. The van der Waals surface area contributed by atoms with Gasteiger partial charge in [-0.25, -0.2) is 8.42 Å². The zero-order chi connectivity index (χ0) is 21.3. The second-order valence-electron chi connectivity index (χ2n) is 6.23. The van der Waals surface area contributed by atoms with E-state index < -0.39 is 33.7 Å². The molecule has 0 aromatic heterocycles. The molecule has 0 spiro atoms. The van der Waals surface area contributed by atoms with Gasteiger partial charge >= 0.3 is 6.18 Å². The predicted octanol–water partition coefficient (Wildman–Crippen LogP) is 4.46. The van der Waals surface area contributed by atoms with Gasteiger partial charge in [0.25, 0.3) is 0 Å². The molecule has 2 aromatic rings. The van der Waals surface area contributed by atoms with Crippen molar-refractivity contribution >= 4 is 38.9 Å². The Balaban J connectivity index is 2.28. The molecular weight excluding hydrogens is 417 g/mol. The highest BCUT2D eigenvalue weighted by Crippen LogP contribution is 2.30. The molecule has 2 rings (SSSR count). The number of amides is 1. The summed E-state index contributed by atoms with van der Waals surface area (Å²) >= 11 is 6.06. The Labute approximate surface area is 166 Å². The number of halogens is 4. The summed E-state index contributed by atoms with van der Waals surface area (Å²) < 4.78 is 63.3. The van der Waals surface area contributed by atoms with Crippen LogP contribution in [0.2, 0.25) is 5.02 Å². The maximum atomic E-state index is 12.6. The third-order valence-corrected chi connectivity index (χ3v) is 5.63. The van der Waals surface area contributed by atoms with E-state index in [1.807, 2.05) is 0 Å². The number of rotatable bonds is 5. The third kappa shape index (κ3) is 5.17. The molecule has 5 nitrogen and oxygen atoms in total. The van der Waals surface area contributed by atoms with Crippen LogP contribution in [0.4, 0.5) is 24.5 Å². The molecule has 10 heteroatoms. The molecule has 0 aliphatic heterocycles. The zero-order valence-electron chi connectivity index (χ0n) is 15.2. The molecule has 0 bridgehead atoms. The lowest BCUT2D eigenvalue weighted by Gasteiger charge is -2.28. The number of nitrogens with one attached hydrogen (secondary N) is 1. The molecule has 1 atom stereocenters. The molecule has 0 radical (unpaired) electrons. The van der Waals surface area contributed by atoms with Crippen LogP contribution >= 0.6 is 11.6 Å². The highest BCUT2D eigenvalue weighted by Gasteiger charge is 2.31. The van der Waals surface area contributed by atoms with Crippen LogP contribution in [0, 0.1) is 6.92 Å².